The number of methoxy groups -OCH3 is 1. The molecule has 0 saturated carbocycles. The number of amides is 1. The molecule has 1 heterocycles. The first-order chi connectivity index (χ1) is 12.9. The molecule has 0 bridgehead atoms. The third kappa shape index (κ3) is 6.42. The van der Waals surface area contributed by atoms with Gasteiger partial charge in [-0.1, -0.05) is 0 Å². The number of nitrogens with zero attached hydrogens (tertiary/aromatic N) is 3. The summed E-state index contributed by atoms with van der Waals surface area (Å²) in [6, 6.07) is 8.18. The van der Waals surface area contributed by atoms with Crippen molar-refractivity contribution in [1.29, 1.82) is 0 Å². The van der Waals surface area contributed by atoms with Crippen LogP contribution in [0.15, 0.2) is 29.3 Å². The average Bonchev–Trinajstić information content (AvgIpc) is 2.70. The van der Waals surface area contributed by atoms with Crippen LogP contribution >= 0.6 is 24.0 Å². The van der Waals surface area contributed by atoms with Gasteiger partial charge < -0.3 is 25.2 Å². The molecule has 1 aromatic rings. The Morgan fingerprint density at radius 2 is 1.79 bits per heavy atom. The second-order valence-corrected chi connectivity index (χ2v) is 7.31. The molecule has 0 unspecified atom stereocenters. The third-order valence-electron chi connectivity index (χ3n) is 4.82. The number of benzene rings is 1. The average molecular weight is 503 g/mol. The lowest BCUT2D eigenvalue weighted by Gasteiger charge is -2.38. The summed E-state index contributed by atoms with van der Waals surface area (Å²) in [7, 11) is 3.35. The Balaban J connectivity index is 0.00000392. The minimum atomic E-state index is -0.527. The highest BCUT2D eigenvalue weighted by Crippen LogP contribution is 2.21. The zero-order valence-corrected chi connectivity index (χ0v) is 19.9. The van der Waals surface area contributed by atoms with E-state index in [4.69, 9.17) is 9.73 Å². The number of hydrogen-bond acceptors (Lipinski definition) is 4. The Morgan fingerprint density at radius 1 is 1.18 bits per heavy atom. The molecule has 0 atom stereocenters. The molecule has 1 amide bonds. The van der Waals surface area contributed by atoms with Gasteiger partial charge in [-0.3, -0.25) is 9.79 Å². The summed E-state index contributed by atoms with van der Waals surface area (Å²) >= 11 is 0. The van der Waals surface area contributed by atoms with E-state index in [1.807, 2.05) is 26.0 Å². The fourth-order valence-electron chi connectivity index (χ4n) is 3.08. The number of carbonyl (C=O) groups excluding carboxylic acids is 1. The Kier molecular flexibility index (Phi) is 9.84. The van der Waals surface area contributed by atoms with E-state index in [0.29, 0.717) is 6.54 Å². The molecule has 0 radical (unpaired) electrons. The molecule has 0 aromatic heterocycles. The van der Waals surface area contributed by atoms with Crippen molar-refractivity contribution >= 4 is 41.5 Å². The standard InChI is InChI=1S/C20H33N5O2.HI/c1-6-22-19(23-15-20(2,3)18(26)21-4)25-13-11-24(12-14-25)16-7-9-17(27-5)10-8-16;/h7-10H,6,11-15H2,1-5H3,(H,21,26)(H,22,23);1H. The van der Waals surface area contributed by atoms with Crippen LogP contribution in [0.3, 0.4) is 0 Å². The van der Waals surface area contributed by atoms with E-state index < -0.39 is 5.41 Å². The minimum Gasteiger partial charge on any atom is -0.497 e. The number of hydrogen-bond donors (Lipinski definition) is 2. The smallest absolute Gasteiger partial charge is 0.227 e. The molecule has 1 saturated heterocycles. The summed E-state index contributed by atoms with van der Waals surface area (Å²) in [6.07, 6.45) is 0. The zero-order valence-electron chi connectivity index (χ0n) is 17.6. The molecule has 7 nitrogen and oxygen atoms in total. The van der Waals surface area contributed by atoms with Crippen molar-refractivity contribution in [2.45, 2.75) is 20.8 Å². The van der Waals surface area contributed by atoms with Crippen molar-refractivity contribution in [3.63, 3.8) is 0 Å². The number of aliphatic imine (C=N–C) groups is 1. The van der Waals surface area contributed by atoms with Gasteiger partial charge in [-0.05, 0) is 45.0 Å². The quantitative estimate of drug-likeness (QED) is 0.354. The number of rotatable bonds is 6. The largest absolute Gasteiger partial charge is 0.497 e. The molecular formula is C20H34IN5O2. The van der Waals surface area contributed by atoms with Crippen LogP contribution in [0.4, 0.5) is 5.69 Å². The number of carbonyl (C=O) groups is 1. The normalized spacial score (nSPS) is 15.0. The topological polar surface area (TPSA) is 69.2 Å². The molecule has 1 aromatic carbocycles. The lowest BCUT2D eigenvalue weighted by atomic mass is 9.93. The number of halogens is 1. The number of anilines is 1. The van der Waals surface area contributed by atoms with Crippen LogP contribution in [0.2, 0.25) is 0 Å². The highest BCUT2D eigenvalue weighted by Gasteiger charge is 2.27. The first-order valence-electron chi connectivity index (χ1n) is 9.55. The maximum Gasteiger partial charge on any atom is 0.227 e. The fourth-order valence-corrected chi connectivity index (χ4v) is 3.08. The van der Waals surface area contributed by atoms with Crippen molar-refractivity contribution in [3.05, 3.63) is 24.3 Å². The van der Waals surface area contributed by atoms with E-state index in [2.05, 4.69) is 39.5 Å². The zero-order chi connectivity index (χ0) is 19.9. The van der Waals surface area contributed by atoms with Gasteiger partial charge in [0.05, 0.1) is 19.1 Å². The summed E-state index contributed by atoms with van der Waals surface area (Å²) in [6.45, 7) is 10.8. The van der Waals surface area contributed by atoms with Crippen LogP contribution in [0.25, 0.3) is 0 Å². The monoisotopic (exact) mass is 503 g/mol. The van der Waals surface area contributed by atoms with Gasteiger partial charge in [-0.25, -0.2) is 0 Å². The molecule has 8 heteroatoms. The molecule has 1 aliphatic rings. The highest BCUT2D eigenvalue weighted by atomic mass is 127. The van der Waals surface area contributed by atoms with Crippen LogP contribution in [-0.2, 0) is 4.79 Å². The van der Waals surface area contributed by atoms with Gasteiger partial charge in [0.1, 0.15) is 5.75 Å². The molecular weight excluding hydrogens is 469 g/mol. The van der Waals surface area contributed by atoms with Crippen molar-refractivity contribution in [2.24, 2.45) is 10.4 Å². The van der Waals surface area contributed by atoms with Crippen LogP contribution in [-0.4, -0.2) is 70.2 Å². The Morgan fingerprint density at radius 3 is 2.29 bits per heavy atom. The number of nitrogens with one attached hydrogen (secondary N) is 2. The van der Waals surface area contributed by atoms with Crippen molar-refractivity contribution in [3.8, 4) is 5.75 Å². The van der Waals surface area contributed by atoms with E-state index in [-0.39, 0.29) is 29.9 Å². The van der Waals surface area contributed by atoms with Gasteiger partial charge >= 0.3 is 0 Å². The highest BCUT2D eigenvalue weighted by molar-refractivity contribution is 14.0. The second kappa shape index (κ2) is 11.3. The number of guanidine groups is 1. The third-order valence-corrected chi connectivity index (χ3v) is 4.82. The van der Waals surface area contributed by atoms with Crippen molar-refractivity contribution in [2.75, 3.05) is 58.3 Å². The van der Waals surface area contributed by atoms with Crippen LogP contribution in [0, 0.1) is 5.41 Å². The van der Waals surface area contributed by atoms with E-state index in [1.54, 1.807) is 14.2 Å². The molecule has 158 valence electrons. The van der Waals surface area contributed by atoms with E-state index in [1.165, 1.54) is 5.69 Å². The lowest BCUT2D eigenvalue weighted by Crippen LogP contribution is -2.53. The summed E-state index contributed by atoms with van der Waals surface area (Å²) in [5.74, 6) is 1.76. The van der Waals surface area contributed by atoms with E-state index in [0.717, 1.165) is 44.4 Å². The summed E-state index contributed by atoms with van der Waals surface area (Å²) in [5, 5.41) is 6.08. The summed E-state index contributed by atoms with van der Waals surface area (Å²) < 4.78 is 5.23. The molecule has 2 N–H and O–H groups in total. The van der Waals surface area contributed by atoms with Crippen molar-refractivity contribution in [1.82, 2.24) is 15.5 Å². The van der Waals surface area contributed by atoms with E-state index >= 15 is 0 Å². The van der Waals surface area contributed by atoms with Gasteiger partial charge in [0.2, 0.25) is 5.91 Å². The molecule has 0 spiro atoms. The van der Waals surface area contributed by atoms with Crippen LogP contribution < -0.4 is 20.3 Å². The number of piperazine rings is 1. The second-order valence-electron chi connectivity index (χ2n) is 7.31. The fraction of sp³-hybridized carbons (Fsp3) is 0.600. The predicted octanol–water partition coefficient (Wildman–Crippen LogP) is 2.17. The number of ether oxygens (including phenoxy) is 1. The molecule has 0 aliphatic carbocycles. The maximum atomic E-state index is 12.0. The Hall–Kier alpha value is -1.71. The van der Waals surface area contributed by atoms with Gasteiger partial charge in [0, 0.05) is 45.5 Å². The van der Waals surface area contributed by atoms with E-state index in [9.17, 15) is 4.79 Å². The summed E-state index contributed by atoms with van der Waals surface area (Å²) in [4.78, 5) is 21.4. The first kappa shape index (κ1) is 24.3. The lowest BCUT2D eigenvalue weighted by molar-refractivity contribution is -0.128. The molecule has 1 aliphatic heterocycles. The van der Waals surface area contributed by atoms with Gasteiger partial charge in [0.15, 0.2) is 5.96 Å². The maximum absolute atomic E-state index is 12.0. The van der Waals surface area contributed by atoms with Crippen LogP contribution in [0.5, 0.6) is 5.75 Å². The minimum absolute atomic E-state index is 0. The SMILES string of the molecule is CCNC(=NCC(C)(C)C(=O)NC)N1CCN(c2ccc(OC)cc2)CC1.I. The Labute approximate surface area is 185 Å². The van der Waals surface area contributed by atoms with Crippen LogP contribution in [0.1, 0.15) is 20.8 Å². The summed E-state index contributed by atoms with van der Waals surface area (Å²) in [5.41, 5.74) is 0.679. The van der Waals surface area contributed by atoms with Gasteiger partial charge in [0.25, 0.3) is 0 Å². The van der Waals surface area contributed by atoms with Gasteiger partial charge in [-0.2, -0.15) is 0 Å². The predicted molar refractivity (Wildman–Crippen MR) is 126 cm³/mol. The first-order valence-corrected chi connectivity index (χ1v) is 9.55. The van der Waals surface area contributed by atoms with Crippen molar-refractivity contribution < 1.29 is 9.53 Å². The molecule has 2 rings (SSSR count). The van der Waals surface area contributed by atoms with Gasteiger partial charge in [-0.15, -0.1) is 24.0 Å². The molecule has 1 fully saturated rings. The molecule has 28 heavy (non-hydrogen) atoms. The Bertz CT molecular complexity index is 641.